The van der Waals surface area contributed by atoms with Gasteiger partial charge in [-0.15, -0.1) is 0 Å². The molecule has 0 aliphatic carbocycles. The number of pyridine rings is 1. The van der Waals surface area contributed by atoms with Crippen LogP contribution in [0, 0.1) is 0 Å². The number of aryl methyl sites for hydroxylation is 1. The standard InChI is InChI=1S/C17H20N2O/c1-13(2)15-5-3-4-6-16(15)19-17(20)8-7-14-9-11-18-12-10-14/h3-6,9-13H,7-8H2,1-2H3,(H,19,20). The van der Waals surface area contributed by atoms with Gasteiger partial charge in [-0.25, -0.2) is 0 Å². The molecule has 20 heavy (non-hydrogen) atoms. The summed E-state index contributed by atoms with van der Waals surface area (Å²) in [6.07, 6.45) is 4.72. The van der Waals surface area contributed by atoms with Gasteiger partial charge in [0.2, 0.25) is 5.91 Å². The zero-order valence-corrected chi connectivity index (χ0v) is 12.0. The molecule has 2 rings (SSSR count). The number of aromatic nitrogens is 1. The van der Waals surface area contributed by atoms with Crippen LogP contribution in [-0.2, 0) is 11.2 Å². The normalized spacial score (nSPS) is 10.6. The maximum atomic E-state index is 12.0. The third-order valence-corrected chi connectivity index (χ3v) is 3.25. The Hall–Kier alpha value is -2.16. The van der Waals surface area contributed by atoms with Crippen molar-refractivity contribution < 1.29 is 4.79 Å². The second-order valence-corrected chi connectivity index (χ2v) is 5.15. The number of benzene rings is 1. The lowest BCUT2D eigenvalue weighted by molar-refractivity contribution is -0.116. The van der Waals surface area contributed by atoms with Crippen molar-refractivity contribution in [1.29, 1.82) is 0 Å². The van der Waals surface area contributed by atoms with E-state index in [0.29, 0.717) is 12.3 Å². The molecule has 0 aliphatic heterocycles. The number of nitrogens with one attached hydrogen (secondary N) is 1. The third-order valence-electron chi connectivity index (χ3n) is 3.25. The van der Waals surface area contributed by atoms with E-state index in [4.69, 9.17) is 0 Å². The number of carbonyl (C=O) groups excluding carboxylic acids is 1. The van der Waals surface area contributed by atoms with E-state index in [1.54, 1.807) is 12.4 Å². The number of para-hydroxylation sites is 1. The summed E-state index contributed by atoms with van der Waals surface area (Å²) in [5.41, 5.74) is 3.22. The minimum absolute atomic E-state index is 0.0508. The van der Waals surface area contributed by atoms with Crippen molar-refractivity contribution in [3.63, 3.8) is 0 Å². The molecule has 0 spiro atoms. The number of amides is 1. The minimum Gasteiger partial charge on any atom is -0.326 e. The molecule has 0 radical (unpaired) electrons. The van der Waals surface area contributed by atoms with Gasteiger partial charge < -0.3 is 5.32 Å². The molecular weight excluding hydrogens is 248 g/mol. The number of hydrogen-bond acceptors (Lipinski definition) is 2. The highest BCUT2D eigenvalue weighted by Gasteiger charge is 2.09. The van der Waals surface area contributed by atoms with E-state index in [1.807, 2.05) is 30.3 Å². The van der Waals surface area contributed by atoms with Gasteiger partial charge in [-0.1, -0.05) is 32.0 Å². The summed E-state index contributed by atoms with van der Waals surface area (Å²) in [7, 11) is 0. The lowest BCUT2D eigenvalue weighted by Crippen LogP contribution is -2.14. The second-order valence-electron chi connectivity index (χ2n) is 5.15. The fourth-order valence-electron chi connectivity index (χ4n) is 2.13. The van der Waals surface area contributed by atoms with Gasteiger partial charge in [0.05, 0.1) is 0 Å². The second kappa shape index (κ2) is 6.85. The zero-order chi connectivity index (χ0) is 14.4. The Morgan fingerprint density at radius 2 is 1.85 bits per heavy atom. The van der Waals surface area contributed by atoms with Crippen LogP contribution >= 0.6 is 0 Å². The van der Waals surface area contributed by atoms with Crippen molar-refractivity contribution in [3.05, 3.63) is 59.9 Å². The van der Waals surface area contributed by atoms with Crippen LogP contribution in [0.1, 0.15) is 37.3 Å². The Morgan fingerprint density at radius 1 is 1.15 bits per heavy atom. The van der Waals surface area contributed by atoms with Crippen LogP contribution in [0.4, 0.5) is 5.69 Å². The monoisotopic (exact) mass is 268 g/mol. The number of hydrogen-bond donors (Lipinski definition) is 1. The molecule has 3 nitrogen and oxygen atoms in total. The molecule has 0 atom stereocenters. The van der Waals surface area contributed by atoms with Crippen LogP contribution in [0.3, 0.4) is 0 Å². The van der Waals surface area contributed by atoms with Crippen molar-refractivity contribution in [2.24, 2.45) is 0 Å². The average Bonchev–Trinajstić information content (AvgIpc) is 2.46. The molecule has 0 fully saturated rings. The van der Waals surface area contributed by atoms with Crippen molar-refractivity contribution in [2.45, 2.75) is 32.6 Å². The van der Waals surface area contributed by atoms with E-state index >= 15 is 0 Å². The van der Waals surface area contributed by atoms with Gasteiger partial charge in [-0.05, 0) is 41.7 Å². The Kier molecular flexibility index (Phi) is 4.88. The molecule has 1 amide bonds. The quantitative estimate of drug-likeness (QED) is 0.896. The van der Waals surface area contributed by atoms with Crippen molar-refractivity contribution >= 4 is 11.6 Å². The van der Waals surface area contributed by atoms with Crippen molar-refractivity contribution in [2.75, 3.05) is 5.32 Å². The van der Waals surface area contributed by atoms with Crippen LogP contribution in [0.15, 0.2) is 48.8 Å². The van der Waals surface area contributed by atoms with Gasteiger partial charge in [0.15, 0.2) is 0 Å². The molecule has 1 aromatic carbocycles. The van der Waals surface area contributed by atoms with E-state index < -0.39 is 0 Å². The first-order valence-electron chi connectivity index (χ1n) is 6.94. The molecule has 1 aromatic heterocycles. The largest absolute Gasteiger partial charge is 0.326 e. The summed E-state index contributed by atoms with van der Waals surface area (Å²) in [5.74, 6) is 0.446. The van der Waals surface area contributed by atoms with Crippen molar-refractivity contribution in [3.8, 4) is 0 Å². The van der Waals surface area contributed by atoms with E-state index in [1.165, 1.54) is 5.56 Å². The Labute approximate surface area is 120 Å². The SMILES string of the molecule is CC(C)c1ccccc1NC(=O)CCc1ccncc1. The molecular formula is C17H20N2O. The Morgan fingerprint density at radius 3 is 2.55 bits per heavy atom. The van der Waals surface area contributed by atoms with E-state index in [2.05, 4.69) is 30.2 Å². The number of nitrogens with zero attached hydrogens (tertiary/aromatic N) is 1. The molecule has 2 aromatic rings. The molecule has 0 aliphatic rings. The summed E-state index contributed by atoms with van der Waals surface area (Å²) in [4.78, 5) is 16.0. The predicted molar refractivity (Wildman–Crippen MR) is 81.7 cm³/mol. The van der Waals surface area contributed by atoms with Gasteiger partial charge in [0.1, 0.15) is 0 Å². The van der Waals surface area contributed by atoms with Gasteiger partial charge in [-0.3, -0.25) is 9.78 Å². The summed E-state index contributed by atoms with van der Waals surface area (Å²) >= 11 is 0. The summed E-state index contributed by atoms with van der Waals surface area (Å²) < 4.78 is 0. The minimum atomic E-state index is 0.0508. The van der Waals surface area contributed by atoms with Gasteiger partial charge in [0, 0.05) is 24.5 Å². The molecule has 3 heteroatoms. The summed E-state index contributed by atoms with van der Waals surface area (Å²) in [6, 6.07) is 11.8. The fraction of sp³-hybridized carbons (Fsp3) is 0.294. The lowest BCUT2D eigenvalue weighted by atomic mass is 10.0. The molecule has 1 heterocycles. The lowest BCUT2D eigenvalue weighted by Gasteiger charge is -2.13. The number of rotatable bonds is 5. The highest BCUT2D eigenvalue weighted by Crippen LogP contribution is 2.23. The first kappa shape index (κ1) is 14.3. The average molecular weight is 268 g/mol. The molecule has 0 unspecified atom stereocenters. The molecule has 1 N–H and O–H groups in total. The first-order chi connectivity index (χ1) is 9.66. The van der Waals surface area contributed by atoms with Crippen LogP contribution in [-0.4, -0.2) is 10.9 Å². The Balaban J connectivity index is 1.95. The molecule has 0 saturated heterocycles. The zero-order valence-electron chi connectivity index (χ0n) is 12.0. The van der Waals surface area contributed by atoms with Crippen LogP contribution in [0.5, 0.6) is 0 Å². The number of carbonyl (C=O) groups is 1. The van der Waals surface area contributed by atoms with Crippen molar-refractivity contribution in [1.82, 2.24) is 4.98 Å². The van der Waals surface area contributed by atoms with E-state index in [0.717, 1.165) is 17.7 Å². The highest BCUT2D eigenvalue weighted by molar-refractivity contribution is 5.91. The van der Waals surface area contributed by atoms with Gasteiger partial charge in [-0.2, -0.15) is 0 Å². The molecule has 0 saturated carbocycles. The molecule has 0 bridgehead atoms. The summed E-state index contributed by atoms with van der Waals surface area (Å²) in [6.45, 7) is 4.25. The van der Waals surface area contributed by atoms with E-state index in [9.17, 15) is 4.79 Å². The Bertz CT molecular complexity index is 564. The van der Waals surface area contributed by atoms with Gasteiger partial charge in [0.25, 0.3) is 0 Å². The molecule has 104 valence electrons. The third kappa shape index (κ3) is 3.92. The van der Waals surface area contributed by atoms with Gasteiger partial charge >= 0.3 is 0 Å². The smallest absolute Gasteiger partial charge is 0.224 e. The number of anilines is 1. The fourth-order valence-corrected chi connectivity index (χ4v) is 2.13. The van der Waals surface area contributed by atoms with Crippen LogP contribution < -0.4 is 5.32 Å². The highest BCUT2D eigenvalue weighted by atomic mass is 16.1. The predicted octanol–water partition coefficient (Wildman–Crippen LogP) is 3.78. The maximum Gasteiger partial charge on any atom is 0.224 e. The van der Waals surface area contributed by atoms with Crippen LogP contribution in [0.2, 0.25) is 0 Å². The first-order valence-corrected chi connectivity index (χ1v) is 6.94. The van der Waals surface area contributed by atoms with Crippen LogP contribution in [0.25, 0.3) is 0 Å². The summed E-state index contributed by atoms with van der Waals surface area (Å²) in [5, 5.41) is 3.01. The maximum absolute atomic E-state index is 12.0. The van der Waals surface area contributed by atoms with E-state index in [-0.39, 0.29) is 5.91 Å². The topological polar surface area (TPSA) is 42.0 Å².